The van der Waals surface area contributed by atoms with Gasteiger partial charge in [0, 0.05) is 24.0 Å². The topological polar surface area (TPSA) is 17.6 Å². The Bertz CT molecular complexity index is 1180. The van der Waals surface area contributed by atoms with Gasteiger partial charge in [-0.15, -0.1) is 0 Å². The van der Waals surface area contributed by atoms with Gasteiger partial charge in [-0.2, -0.15) is 0 Å². The molecule has 0 bridgehead atoms. The van der Waals surface area contributed by atoms with Crippen molar-refractivity contribution in [1.82, 2.24) is 9.13 Å². The fourth-order valence-electron chi connectivity index (χ4n) is 6.32. The van der Waals surface area contributed by atoms with Crippen LogP contribution in [-0.4, -0.2) is 9.13 Å². The van der Waals surface area contributed by atoms with Crippen LogP contribution in [0.5, 0.6) is 0 Å². The van der Waals surface area contributed by atoms with Crippen molar-refractivity contribution >= 4 is 0 Å². The number of rotatable bonds is 9. The first-order valence-electron chi connectivity index (χ1n) is 14.2. The molecule has 4 aromatic rings. The molecule has 0 spiro atoms. The van der Waals surface area contributed by atoms with Gasteiger partial charge in [0.1, 0.15) is 12.4 Å². The molecule has 0 radical (unpaired) electrons. The molecule has 4 heterocycles. The van der Waals surface area contributed by atoms with Crippen molar-refractivity contribution in [3.05, 3.63) is 84.7 Å². The Hall–Kier alpha value is -3.14. The van der Waals surface area contributed by atoms with Gasteiger partial charge in [-0.3, -0.25) is 0 Å². The lowest BCUT2D eigenvalue weighted by Crippen LogP contribution is -2.40. The lowest BCUT2D eigenvalue weighted by atomic mass is 10.1. The highest BCUT2D eigenvalue weighted by Gasteiger charge is 2.27. The van der Waals surface area contributed by atoms with Gasteiger partial charge in [0.25, 0.3) is 11.6 Å². The van der Waals surface area contributed by atoms with Crippen LogP contribution in [0.2, 0.25) is 0 Å². The van der Waals surface area contributed by atoms with Crippen molar-refractivity contribution in [2.24, 2.45) is 0 Å². The van der Waals surface area contributed by atoms with Crippen molar-refractivity contribution in [2.45, 2.75) is 90.4 Å². The number of hydrogen-bond donors (Lipinski definition) is 0. The summed E-state index contributed by atoms with van der Waals surface area (Å²) < 4.78 is 10.3. The summed E-state index contributed by atoms with van der Waals surface area (Å²) in [5.41, 5.74) is 5.50. The Morgan fingerprint density at radius 1 is 0.528 bits per heavy atom. The zero-order chi connectivity index (χ0) is 24.2. The number of unbranched alkanes of at least 4 members (excludes halogenated alkanes) is 3. The summed E-state index contributed by atoms with van der Waals surface area (Å²) in [5, 5.41) is 0. The maximum atomic E-state index is 2.63. The molecule has 0 saturated heterocycles. The fourth-order valence-corrected chi connectivity index (χ4v) is 6.32. The zero-order valence-electron chi connectivity index (χ0n) is 21.6. The number of hydrogen-bond acceptors (Lipinski definition) is 0. The molecule has 4 heteroatoms. The molecule has 0 saturated carbocycles. The molecule has 0 unspecified atom stereocenters. The second-order valence-corrected chi connectivity index (χ2v) is 10.6. The van der Waals surface area contributed by atoms with Crippen LogP contribution < -0.4 is 9.13 Å². The summed E-state index contributed by atoms with van der Waals surface area (Å²) >= 11 is 0. The van der Waals surface area contributed by atoms with E-state index in [0.29, 0.717) is 0 Å². The van der Waals surface area contributed by atoms with E-state index in [4.69, 9.17) is 0 Å². The minimum Gasteiger partial charge on any atom is -0.234 e. The number of imidazole rings is 2. The summed E-state index contributed by atoms with van der Waals surface area (Å²) in [4.78, 5) is 0. The fraction of sp³-hybridized carbons (Fsp3) is 0.438. The molecule has 2 aromatic heterocycles. The Morgan fingerprint density at radius 3 is 1.42 bits per heavy atom. The maximum Gasteiger partial charge on any atom is 0.256 e. The summed E-state index contributed by atoms with van der Waals surface area (Å²) in [7, 11) is 0. The predicted molar refractivity (Wildman–Crippen MR) is 144 cm³/mol. The predicted octanol–water partition coefficient (Wildman–Crippen LogP) is 6.13. The molecule has 4 nitrogen and oxygen atoms in total. The molecular weight excluding hydrogens is 440 g/mol. The van der Waals surface area contributed by atoms with Gasteiger partial charge in [-0.05, 0) is 51.4 Å². The van der Waals surface area contributed by atoms with Gasteiger partial charge < -0.3 is 0 Å². The van der Waals surface area contributed by atoms with Crippen LogP contribution in [0, 0.1) is 0 Å². The third kappa shape index (κ3) is 4.78. The van der Waals surface area contributed by atoms with Gasteiger partial charge in [0.15, 0.2) is 11.4 Å². The van der Waals surface area contributed by atoms with Crippen molar-refractivity contribution < 1.29 is 9.13 Å². The first-order chi connectivity index (χ1) is 17.9. The number of fused-ring (bicyclic) bond motifs is 2. The van der Waals surface area contributed by atoms with Crippen LogP contribution >= 0.6 is 0 Å². The Labute approximate surface area is 215 Å². The molecule has 0 atom stereocenters. The van der Waals surface area contributed by atoms with Gasteiger partial charge in [-0.1, -0.05) is 60.7 Å². The van der Waals surface area contributed by atoms with E-state index in [1.54, 1.807) is 0 Å². The normalized spacial score (nSPS) is 15.0. The van der Waals surface area contributed by atoms with E-state index in [1.165, 1.54) is 111 Å². The molecule has 186 valence electrons. The van der Waals surface area contributed by atoms with Crippen molar-refractivity contribution in [2.75, 3.05) is 0 Å². The van der Waals surface area contributed by atoms with E-state index in [2.05, 4.69) is 91.3 Å². The van der Waals surface area contributed by atoms with Crippen LogP contribution in [0.1, 0.15) is 63.0 Å². The average Bonchev–Trinajstić information content (AvgIpc) is 3.50. The van der Waals surface area contributed by atoms with Gasteiger partial charge >= 0.3 is 0 Å². The minimum absolute atomic E-state index is 1.14. The monoisotopic (exact) mass is 480 g/mol. The molecule has 0 aliphatic carbocycles. The first-order valence-corrected chi connectivity index (χ1v) is 14.2. The highest BCUT2D eigenvalue weighted by atomic mass is 15.2. The summed E-state index contributed by atoms with van der Waals surface area (Å²) in [6, 6.07) is 21.9. The molecule has 0 amide bonds. The molecule has 2 aliphatic heterocycles. The highest BCUT2D eigenvalue weighted by molar-refractivity contribution is 5.59. The summed E-state index contributed by atoms with van der Waals surface area (Å²) in [6.07, 6.45) is 17.6. The summed E-state index contributed by atoms with van der Waals surface area (Å²) in [6.45, 7) is 4.61. The zero-order valence-corrected chi connectivity index (χ0v) is 21.6. The lowest BCUT2D eigenvalue weighted by molar-refractivity contribution is -0.709. The highest BCUT2D eigenvalue weighted by Crippen LogP contribution is 2.25. The van der Waals surface area contributed by atoms with E-state index in [0.717, 1.165) is 13.1 Å². The van der Waals surface area contributed by atoms with Crippen LogP contribution in [0.15, 0.2) is 73.1 Å². The van der Waals surface area contributed by atoms with Crippen LogP contribution in [0.3, 0.4) is 0 Å². The number of benzene rings is 2. The molecule has 0 fully saturated rings. The van der Waals surface area contributed by atoms with Crippen molar-refractivity contribution in [3.63, 3.8) is 0 Å². The third-order valence-electron chi connectivity index (χ3n) is 8.18. The number of aromatic nitrogens is 4. The molecular formula is C32H40N4+2. The van der Waals surface area contributed by atoms with E-state index in [-0.39, 0.29) is 0 Å². The second-order valence-electron chi connectivity index (χ2n) is 10.6. The molecule has 0 N–H and O–H groups in total. The molecule has 2 aromatic carbocycles. The molecule has 6 rings (SSSR count). The maximum absolute atomic E-state index is 2.63. The van der Waals surface area contributed by atoms with Crippen LogP contribution in [0.4, 0.5) is 0 Å². The van der Waals surface area contributed by atoms with Crippen molar-refractivity contribution in [1.29, 1.82) is 0 Å². The molecule has 2 aliphatic rings. The smallest absolute Gasteiger partial charge is 0.234 e. The number of aryl methyl sites for hydroxylation is 2. The molecule has 36 heavy (non-hydrogen) atoms. The lowest BCUT2D eigenvalue weighted by Gasteiger charge is -2.11. The first kappa shape index (κ1) is 23.3. The summed E-state index contributed by atoms with van der Waals surface area (Å²) in [5.74, 6) is 3.06. The Kier molecular flexibility index (Phi) is 7.02. The minimum atomic E-state index is 1.14. The van der Waals surface area contributed by atoms with Gasteiger partial charge in [0.05, 0.1) is 26.2 Å². The quantitative estimate of drug-likeness (QED) is 0.203. The van der Waals surface area contributed by atoms with E-state index in [9.17, 15) is 0 Å². The van der Waals surface area contributed by atoms with Gasteiger partial charge in [0.2, 0.25) is 0 Å². The Morgan fingerprint density at radius 2 is 0.972 bits per heavy atom. The number of nitrogens with zero attached hydrogens (tertiary/aromatic N) is 4. The largest absolute Gasteiger partial charge is 0.256 e. The third-order valence-corrected chi connectivity index (χ3v) is 8.18. The SMILES string of the molecule is c1ccc(-c2c[n+]3c(n2CCCCCCn2c(-c4ccccc4)c[n+]4c2CCCC4)CCCC3)cc1. The van der Waals surface area contributed by atoms with Gasteiger partial charge in [-0.25, -0.2) is 18.3 Å². The van der Waals surface area contributed by atoms with E-state index >= 15 is 0 Å². The standard InChI is InChI=1S/C32H40N4/c1(11-23-35-29(27-15-5-3-6-16-27)25-33-21-13-9-19-31(33)35)2-12-24-36-30(28-17-7-4-8-18-28)26-34-22-14-10-20-32(34)36/h3-8,15-18,25-26H,1-2,9-14,19-24H2/q+2. The Balaban J connectivity index is 1.10. The van der Waals surface area contributed by atoms with E-state index < -0.39 is 0 Å². The average molecular weight is 481 g/mol. The van der Waals surface area contributed by atoms with E-state index in [1.807, 2.05) is 0 Å². The van der Waals surface area contributed by atoms with Crippen LogP contribution in [-0.2, 0) is 39.0 Å². The van der Waals surface area contributed by atoms with Crippen molar-refractivity contribution in [3.8, 4) is 22.5 Å². The second kappa shape index (κ2) is 10.9. The van der Waals surface area contributed by atoms with Crippen LogP contribution in [0.25, 0.3) is 22.5 Å².